The zero-order valence-corrected chi connectivity index (χ0v) is 11.2. The van der Waals surface area contributed by atoms with Gasteiger partial charge in [0.2, 0.25) is 0 Å². The topological polar surface area (TPSA) is 48.6 Å². The number of nitrogens with zero attached hydrogens (tertiary/aromatic N) is 1. The summed E-state index contributed by atoms with van der Waals surface area (Å²) >= 11 is 0. The molecular weight excluding hydrogens is 228 g/mol. The monoisotopic (exact) mass is 252 g/mol. The first-order valence-corrected chi connectivity index (χ1v) is 6.93. The lowest BCUT2D eigenvalue weighted by Gasteiger charge is -2.31. The van der Waals surface area contributed by atoms with E-state index < -0.39 is 0 Å². The molecule has 0 aromatic carbocycles. The molecule has 0 unspecified atom stereocenters. The predicted molar refractivity (Wildman–Crippen MR) is 71.2 cm³/mol. The molecule has 1 aliphatic heterocycles. The maximum atomic E-state index is 8.91. The minimum Gasteiger partial charge on any atom is -0.462 e. The Bertz CT molecular complexity index is 343. The molecule has 1 aliphatic rings. The van der Waals surface area contributed by atoms with Crippen LogP contribution in [0.2, 0.25) is 0 Å². The number of hydrogen-bond acceptors (Lipinski definition) is 4. The second kappa shape index (κ2) is 6.92. The molecule has 1 aromatic heterocycles. The molecule has 1 fully saturated rings. The van der Waals surface area contributed by atoms with Crippen molar-refractivity contribution in [3.8, 4) is 0 Å². The summed E-state index contributed by atoms with van der Waals surface area (Å²) in [5.41, 5.74) is 0. The minimum absolute atomic E-state index is 0.0184. The van der Waals surface area contributed by atoms with E-state index in [9.17, 15) is 0 Å². The fourth-order valence-corrected chi connectivity index (χ4v) is 2.51. The first-order valence-electron chi connectivity index (χ1n) is 6.93. The Balaban J connectivity index is 1.63. The highest BCUT2D eigenvalue weighted by atomic mass is 16.4. The Morgan fingerprint density at radius 3 is 2.67 bits per heavy atom. The van der Waals surface area contributed by atoms with Gasteiger partial charge in [0.25, 0.3) is 0 Å². The van der Waals surface area contributed by atoms with Crippen LogP contribution < -0.4 is 5.32 Å². The average molecular weight is 252 g/mol. The van der Waals surface area contributed by atoms with Crippen LogP contribution in [0.4, 0.5) is 0 Å². The highest BCUT2D eigenvalue weighted by Gasteiger charge is 2.17. The van der Waals surface area contributed by atoms with E-state index >= 15 is 0 Å². The molecule has 2 N–H and O–H groups in total. The first-order chi connectivity index (χ1) is 8.81. The molecule has 0 saturated carbocycles. The minimum atomic E-state index is -0.0184. The van der Waals surface area contributed by atoms with Crippen molar-refractivity contribution < 1.29 is 9.52 Å². The number of aliphatic hydroxyl groups is 1. The van der Waals surface area contributed by atoms with E-state index in [1.807, 2.05) is 12.1 Å². The van der Waals surface area contributed by atoms with Gasteiger partial charge in [0.15, 0.2) is 0 Å². The van der Waals surface area contributed by atoms with Crippen molar-refractivity contribution in [2.45, 2.75) is 32.9 Å². The van der Waals surface area contributed by atoms with Gasteiger partial charge in [0.1, 0.15) is 18.1 Å². The zero-order chi connectivity index (χ0) is 12.8. The Kier molecular flexibility index (Phi) is 5.23. The number of rotatable bonds is 6. The molecule has 2 heterocycles. The van der Waals surface area contributed by atoms with E-state index in [2.05, 4.69) is 17.1 Å². The summed E-state index contributed by atoms with van der Waals surface area (Å²) in [6.45, 7) is 7.68. The molecule has 18 heavy (non-hydrogen) atoms. The summed E-state index contributed by atoms with van der Waals surface area (Å²) in [6, 6.07) is 3.76. The van der Waals surface area contributed by atoms with Crippen LogP contribution in [0.15, 0.2) is 16.5 Å². The van der Waals surface area contributed by atoms with Crippen LogP contribution in [-0.2, 0) is 13.2 Å². The van der Waals surface area contributed by atoms with E-state index in [1.54, 1.807) is 0 Å². The molecule has 0 radical (unpaired) electrons. The van der Waals surface area contributed by atoms with Crippen LogP contribution in [0, 0.1) is 5.92 Å². The van der Waals surface area contributed by atoms with E-state index in [1.165, 1.54) is 32.5 Å². The normalized spacial score (nSPS) is 18.3. The second-order valence-electron chi connectivity index (χ2n) is 5.03. The van der Waals surface area contributed by atoms with Crippen molar-refractivity contribution >= 4 is 0 Å². The third-order valence-corrected chi connectivity index (χ3v) is 3.76. The van der Waals surface area contributed by atoms with Crippen molar-refractivity contribution in [3.63, 3.8) is 0 Å². The van der Waals surface area contributed by atoms with E-state index in [0.717, 1.165) is 24.8 Å². The molecule has 102 valence electrons. The van der Waals surface area contributed by atoms with Crippen molar-refractivity contribution in [1.29, 1.82) is 0 Å². The highest BCUT2D eigenvalue weighted by Crippen LogP contribution is 2.16. The Hall–Kier alpha value is -0.840. The fourth-order valence-electron chi connectivity index (χ4n) is 2.51. The van der Waals surface area contributed by atoms with Crippen LogP contribution in [-0.4, -0.2) is 36.2 Å². The largest absolute Gasteiger partial charge is 0.462 e. The van der Waals surface area contributed by atoms with E-state index in [4.69, 9.17) is 9.52 Å². The molecule has 4 heteroatoms. The lowest BCUT2D eigenvalue weighted by molar-refractivity contribution is 0.189. The summed E-state index contributed by atoms with van der Waals surface area (Å²) in [7, 11) is 0. The van der Waals surface area contributed by atoms with Gasteiger partial charge in [-0.1, -0.05) is 6.92 Å². The molecule has 0 bridgehead atoms. The standard InChI is InChI=1S/C14H24N2O2/c1-2-16-7-5-12(6-8-16)9-15-10-13-3-4-14(11-17)18-13/h3-4,12,15,17H,2,5-11H2,1H3. The summed E-state index contributed by atoms with van der Waals surface area (Å²) < 4.78 is 5.44. The van der Waals surface area contributed by atoms with Crippen LogP contribution in [0.1, 0.15) is 31.3 Å². The van der Waals surface area contributed by atoms with Gasteiger partial charge in [0, 0.05) is 0 Å². The van der Waals surface area contributed by atoms with Crippen molar-refractivity contribution in [2.75, 3.05) is 26.2 Å². The van der Waals surface area contributed by atoms with Gasteiger partial charge in [-0.2, -0.15) is 0 Å². The van der Waals surface area contributed by atoms with E-state index in [0.29, 0.717) is 5.76 Å². The Morgan fingerprint density at radius 2 is 2.06 bits per heavy atom. The zero-order valence-electron chi connectivity index (χ0n) is 11.2. The summed E-state index contributed by atoms with van der Waals surface area (Å²) in [5.74, 6) is 2.34. The fraction of sp³-hybridized carbons (Fsp3) is 0.714. The first kappa shape index (κ1) is 13.6. The van der Waals surface area contributed by atoms with Crippen LogP contribution in [0.25, 0.3) is 0 Å². The smallest absolute Gasteiger partial charge is 0.129 e. The molecular formula is C14H24N2O2. The Labute approximate surface area is 109 Å². The molecule has 1 aromatic rings. The molecule has 2 rings (SSSR count). The van der Waals surface area contributed by atoms with Gasteiger partial charge in [-0.15, -0.1) is 0 Å². The van der Waals surface area contributed by atoms with Gasteiger partial charge in [-0.25, -0.2) is 0 Å². The van der Waals surface area contributed by atoms with Crippen molar-refractivity contribution in [2.24, 2.45) is 5.92 Å². The van der Waals surface area contributed by atoms with Gasteiger partial charge >= 0.3 is 0 Å². The van der Waals surface area contributed by atoms with Crippen LogP contribution >= 0.6 is 0 Å². The molecule has 0 aliphatic carbocycles. The van der Waals surface area contributed by atoms with Crippen molar-refractivity contribution in [1.82, 2.24) is 10.2 Å². The van der Waals surface area contributed by atoms with Crippen molar-refractivity contribution in [3.05, 3.63) is 23.7 Å². The second-order valence-corrected chi connectivity index (χ2v) is 5.03. The number of nitrogens with one attached hydrogen (secondary N) is 1. The van der Waals surface area contributed by atoms with Gasteiger partial charge in [-0.3, -0.25) is 0 Å². The molecule has 1 saturated heterocycles. The third-order valence-electron chi connectivity index (χ3n) is 3.76. The number of furan rings is 1. The lowest BCUT2D eigenvalue weighted by Crippen LogP contribution is -2.36. The number of hydrogen-bond donors (Lipinski definition) is 2. The molecule has 0 spiro atoms. The van der Waals surface area contributed by atoms with Crippen LogP contribution in [0.3, 0.4) is 0 Å². The lowest BCUT2D eigenvalue weighted by atomic mass is 9.97. The number of piperidine rings is 1. The third kappa shape index (κ3) is 3.83. The van der Waals surface area contributed by atoms with Gasteiger partial charge in [0.05, 0.1) is 6.54 Å². The number of likely N-dealkylation sites (tertiary alicyclic amines) is 1. The van der Waals surface area contributed by atoms with Gasteiger partial charge in [-0.05, 0) is 57.1 Å². The predicted octanol–water partition coefficient (Wildman–Crippen LogP) is 1.59. The maximum absolute atomic E-state index is 8.91. The molecule has 4 nitrogen and oxygen atoms in total. The highest BCUT2D eigenvalue weighted by molar-refractivity contribution is 5.06. The van der Waals surface area contributed by atoms with E-state index in [-0.39, 0.29) is 6.61 Å². The Morgan fingerprint density at radius 1 is 1.33 bits per heavy atom. The maximum Gasteiger partial charge on any atom is 0.129 e. The summed E-state index contributed by atoms with van der Waals surface area (Å²) in [6.07, 6.45) is 2.59. The van der Waals surface area contributed by atoms with Gasteiger partial charge < -0.3 is 19.7 Å². The van der Waals surface area contributed by atoms with Crippen LogP contribution in [0.5, 0.6) is 0 Å². The quantitative estimate of drug-likeness (QED) is 0.807. The number of aliphatic hydroxyl groups excluding tert-OH is 1. The SMILES string of the molecule is CCN1CCC(CNCc2ccc(CO)o2)CC1. The average Bonchev–Trinajstić information content (AvgIpc) is 2.87. The molecule has 0 amide bonds. The summed E-state index contributed by atoms with van der Waals surface area (Å²) in [5, 5.41) is 12.4. The summed E-state index contributed by atoms with van der Waals surface area (Å²) in [4.78, 5) is 2.51. The molecule has 0 atom stereocenters.